The van der Waals surface area contributed by atoms with Crippen LogP contribution in [-0.2, 0) is 16.6 Å². The van der Waals surface area contributed by atoms with E-state index in [-0.39, 0.29) is 17.7 Å². The van der Waals surface area contributed by atoms with Gasteiger partial charge >= 0.3 is 0 Å². The topological polar surface area (TPSA) is 88.2 Å². The average molecular weight is 309 g/mol. The third kappa shape index (κ3) is 4.12. The third-order valence-electron chi connectivity index (χ3n) is 2.80. The van der Waals surface area contributed by atoms with E-state index < -0.39 is 6.10 Å². The van der Waals surface area contributed by atoms with E-state index in [0.717, 1.165) is 5.76 Å². The van der Waals surface area contributed by atoms with Crippen LogP contribution >= 0.6 is 11.3 Å². The standard InChI is InChI=1S/C14H19N3O3S/c1-8(18)17-13-16-6-10(21-13)9(19)5-12-15-7-11(20-12)14(2,3)4/h6-7,9,19H,5H2,1-4H3,(H,16,17,18). The highest BCUT2D eigenvalue weighted by Crippen LogP contribution is 2.28. The van der Waals surface area contributed by atoms with E-state index >= 15 is 0 Å². The lowest BCUT2D eigenvalue weighted by molar-refractivity contribution is -0.114. The molecule has 114 valence electrons. The molecule has 1 amide bonds. The van der Waals surface area contributed by atoms with Crippen molar-refractivity contribution in [2.45, 2.75) is 45.6 Å². The zero-order valence-electron chi connectivity index (χ0n) is 12.5. The highest BCUT2D eigenvalue weighted by atomic mass is 32.1. The quantitative estimate of drug-likeness (QED) is 0.906. The molecule has 0 saturated carbocycles. The van der Waals surface area contributed by atoms with E-state index in [4.69, 9.17) is 4.42 Å². The summed E-state index contributed by atoms with van der Waals surface area (Å²) in [6, 6.07) is 0. The first-order chi connectivity index (χ1) is 9.75. The van der Waals surface area contributed by atoms with Crippen LogP contribution in [0, 0.1) is 0 Å². The van der Waals surface area contributed by atoms with Crippen LogP contribution in [-0.4, -0.2) is 21.0 Å². The lowest BCUT2D eigenvalue weighted by Gasteiger charge is -2.13. The van der Waals surface area contributed by atoms with Gasteiger partial charge in [-0.1, -0.05) is 32.1 Å². The molecule has 0 aliphatic carbocycles. The molecular weight excluding hydrogens is 290 g/mol. The van der Waals surface area contributed by atoms with E-state index in [1.54, 1.807) is 12.4 Å². The fraction of sp³-hybridized carbons (Fsp3) is 0.500. The second-order valence-corrected chi connectivity index (χ2v) is 6.90. The number of hydrogen-bond donors (Lipinski definition) is 2. The molecule has 0 aromatic carbocycles. The maximum absolute atomic E-state index is 10.9. The van der Waals surface area contributed by atoms with Crippen molar-refractivity contribution in [3.8, 4) is 0 Å². The first-order valence-electron chi connectivity index (χ1n) is 6.62. The number of nitrogens with zero attached hydrogens (tertiary/aromatic N) is 2. The van der Waals surface area contributed by atoms with Crippen LogP contribution in [0.3, 0.4) is 0 Å². The number of aliphatic hydroxyl groups is 1. The van der Waals surface area contributed by atoms with Gasteiger partial charge in [-0.05, 0) is 0 Å². The maximum Gasteiger partial charge on any atom is 0.223 e. The molecule has 2 N–H and O–H groups in total. The lowest BCUT2D eigenvalue weighted by atomic mass is 9.94. The van der Waals surface area contributed by atoms with Crippen LogP contribution in [0.2, 0.25) is 0 Å². The molecule has 6 nitrogen and oxygen atoms in total. The van der Waals surface area contributed by atoms with Crippen molar-refractivity contribution >= 4 is 22.4 Å². The Morgan fingerprint density at radius 1 is 1.43 bits per heavy atom. The summed E-state index contributed by atoms with van der Waals surface area (Å²) in [7, 11) is 0. The van der Waals surface area contributed by atoms with Gasteiger partial charge in [0.05, 0.1) is 23.6 Å². The van der Waals surface area contributed by atoms with Gasteiger partial charge in [0.25, 0.3) is 0 Å². The van der Waals surface area contributed by atoms with Gasteiger partial charge in [-0.25, -0.2) is 9.97 Å². The zero-order valence-corrected chi connectivity index (χ0v) is 13.3. The number of aliphatic hydroxyl groups excluding tert-OH is 1. The van der Waals surface area contributed by atoms with Crippen molar-refractivity contribution in [1.82, 2.24) is 9.97 Å². The van der Waals surface area contributed by atoms with Crippen LogP contribution in [0.5, 0.6) is 0 Å². The molecule has 0 fully saturated rings. The molecule has 0 radical (unpaired) electrons. The molecule has 0 aliphatic heterocycles. The number of rotatable bonds is 4. The summed E-state index contributed by atoms with van der Waals surface area (Å²) in [5, 5.41) is 13.2. The SMILES string of the molecule is CC(=O)Nc1ncc(C(O)Cc2ncc(C(C)(C)C)o2)s1. The van der Waals surface area contributed by atoms with Crippen molar-refractivity contribution in [1.29, 1.82) is 0 Å². The summed E-state index contributed by atoms with van der Waals surface area (Å²) in [6.07, 6.45) is 2.76. The molecule has 2 aromatic heterocycles. The Bertz CT molecular complexity index is 627. The first kappa shape index (κ1) is 15.7. The predicted octanol–water partition coefficient (Wildman–Crippen LogP) is 2.66. The van der Waals surface area contributed by atoms with Crippen LogP contribution < -0.4 is 5.32 Å². The molecule has 2 heterocycles. The van der Waals surface area contributed by atoms with Crippen LogP contribution in [0.15, 0.2) is 16.8 Å². The van der Waals surface area contributed by atoms with Crippen LogP contribution in [0.25, 0.3) is 0 Å². The lowest BCUT2D eigenvalue weighted by Crippen LogP contribution is -2.09. The smallest absolute Gasteiger partial charge is 0.223 e. The zero-order chi connectivity index (χ0) is 15.6. The van der Waals surface area contributed by atoms with Crippen molar-refractivity contribution in [3.63, 3.8) is 0 Å². The molecule has 0 saturated heterocycles. The van der Waals surface area contributed by atoms with Crippen LogP contribution in [0.4, 0.5) is 5.13 Å². The normalized spacial score (nSPS) is 13.2. The molecule has 1 unspecified atom stereocenters. The van der Waals surface area contributed by atoms with Crippen molar-refractivity contribution < 1.29 is 14.3 Å². The largest absolute Gasteiger partial charge is 0.445 e. The van der Waals surface area contributed by atoms with E-state index in [2.05, 4.69) is 15.3 Å². The molecule has 2 rings (SSSR count). The Morgan fingerprint density at radius 3 is 2.71 bits per heavy atom. The summed E-state index contributed by atoms with van der Waals surface area (Å²) in [6.45, 7) is 7.53. The van der Waals surface area contributed by atoms with Crippen molar-refractivity contribution in [2.24, 2.45) is 0 Å². The van der Waals surface area contributed by atoms with E-state index in [0.29, 0.717) is 15.9 Å². The summed E-state index contributed by atoms with van der Waals surface area (Å²) in [5.41, 5.74) is -0.112. The Kier molecular flexibility index (Phi) is 4.43. The Balaban J connectivity index is 2.04. The maximum atomic E-state index is 10.9. The van der Waals surface area contributed by atoms with Gasteiger partial charge < -0.3 is 14.8 Å². The van der Waals surface area contributed by atoms with Gasteiger partial charge in [0.1, 0.15) is 5.76 Å². The number of anilines is 1. The van der Waals surface area contributed by atoms with Crippen molar-refractivity contribution in [3.05, 3.63) is 28.9 Å². The van der Waals surface area contributed by atoms with Gasteiger partial charge in [0, 0.05) is 18.5 Å². The molecule has 0 bridgehead atoms. The monoisotopic (exact) mass is 309 g/mol. The minimum Gasteiger partial charge on any atom is -0.445 e. The second-order valence-electron chi connectivity index (χ2n) is 5.84. The number of amides is 1. The number of nitrogens with one attached hydrogen (secondary N) is 1. The van der Waals surface area contributed by atoms with Gasteiger partial charge in [-0.15, -0.1) is 0 Å². The number of aromatic nitrogens is 2. The Morgan fingerprint density at radius 2 is 2.14 bits per heavy atom. The third-order valence-corrected chi connectivity index (χ3v) is 3.81. The first-order valence-corrected chi connectivity index (χ1v) is 7.44. The van der Waals surface area contributed by atoms with E-state index in [1.165, 1.54) is 18.3 Å². The predicted molar refractivity (Wildman–Crippen MR) is 80.3 cm³/mol. The highest BCUT2D eigenvalue weighted by Gasteiger charge is 2.21. The molecular formula is C14H19N3O3S. The molecule has 2 aromatic rings. The molecule has 0 spiro atoms. The van der Waals surface area contributed by atoms with Gasteiger partial charge in [0.2, 0.25) is 5.91 Å². The number of carbonyl (C=O) groups excluding carboxylic acids is 1. The highest BCUT2D eigenvalue weighted by molar-refractivity contribution is 7.15. The summed E-state index contributed by atoms with van der Waals surface area (Å²) >= 11 is 1.24. The fourth-order valence-electron chi connectivity index (χ4n) is 1.67. The molecule has 7 heteroatoms. The summed E-state index contributed by atoms with van der Waals surface area (Å²) < 4.78 is 5.65. The fourth-order valence-corrected chi connectivity index (χ4v) is 2.51. The Labute approximate surface area is 127 Å². The number of thiazole rings is 1. The van der Waals surface area contributed by atoms with Gasteiger partial charge in [0.15, 0.2) is 11.0 Å². The minimum atomic E-state index is -0.753. The molecule has 21 heavy (non-hydrogen) atoms. The Hall–Kier alpha value is -1.73. The second kappa shape index (κ2) is 5.95. The summed E-state index contributed by atoms with van der Waals surface area (Å²) in [4.78, 5) is 19.8. The summed E-state index contributed by atoms with van der Waals surface area (Å²) in [5.74, 6) is 1.09. The average Bonchev–Trinajstić information content (AvgIpc) is 2.96. The van der Waals surface area contributed by atoms with Gasteiger partial charge in [-0.2, -0.15) is 0 Å². The van der Waals surface area contributed by atoms with E-state index in [9.17, 15) is 9.90 Å². The van der Waals surface area contributed by atoms with Gasteiger partial charge in [-0.3, -0.25) is 4.79 Å². The molecule has 0 aliphatic rings. The van der Waals surface area contributed by atoms with E-state index in [1.807, 2.05) is 20.8 Å². The van der Waals surface area contributed by atoms with Crippen molar-refractivity contribution in [2.75, 3.05) is 5.32 Å². The molecule has 1 atom stereocenters. The van der Waals surface area contributed by atoms with Crippen LogP contribution in [0.1, 0.15) is 50.3 Å². The number of oxazole rings is 1. The number of carbonyl (C=O) groups is 1. The minimum absolute atomic E-state index is 0.112. The number of hydrogen-bond acceptors (Lipinski definition) is 6.